The van der Waals surface area contributed by atoms with Gasteiger partial charge in [0.2, 0.25) is 10.0 Å². The number of halogens is 1. The highest BCUT2D eigenvalue weighted by Gasteiger charge is 2.28. The molecule has 134 valence electrons. The molecule has 0 saturated carbocycles. The van der Waals surface area contributed by atoms with E-state index in [1.165, 1.54) is 7.11 Å². The van der Waals surface area contributed by atoms with Gasteiger partial charge < -0.3 is 14.4 Å². The Morgan fingerprint density at radius 1 is 1.29 bits per heavy atom. The minimum Gasteiger partial charge on any atom is -0.493 e. The number of ether oxygens (including phenoxy) is 2. The maximum Gasteiger partial charge on any atom is 0.255 e. The standard InChI is InChI=1S/C15H21IN2O5S/c1-22-13-7-11(12(16)8-14(13)23-2)15(19)18-6-4-5-10(9-18)17-24(3,20)21/h7-8,10,17H,4-6,9H2,1-3H3. The van der Waals surface area contributed by atoms with Crippen LogP contribution in [0.5, 0.6) is 11.5 Å². The SMILES string of the molecule is COc1cc(I)c(C(=O)N2CCCC(NS(C)(=O)=O)C2)cc1OC. The predicted molar refractivity (Wildman–Crippen MR) is 99.2 cm³/mol. The van der Waals surface area contributed by atoms with Crippen molar-refractivity contribution in [3.05, 3.63) is 21.3 Å². The highest BCUT2D eigenvalue weighted by Crippen LogP contribution is 2.32. The number of amides is 1. The first kappa shape index (κ1) is 19.3. The van der Waals surface area contributed by atoms with Crippen molar-refractivity contribution in [2.45, 2.75) is 18.9 Å². The number of hydrogen-bond acceptors (Lipinski definition) is 5. The molecule has 0 bridgehead atoms. The second-order valence-corrected chi connectivity index (χ2v) is 8.61. The molecular weight excluding hydrogens is 447 g/mol. The van der Waals surface area contributed by atoms with Gasteiger partial charge in [-0.3, -0.25) is 4.79 Å². The summed E-state index contributed by atoms with van der Waals surface area (Å²) < 4.78 is 36.7. The van der Waals surface area contributed by atoms with Crippen LogP contribution in [0.1, 0.15) is 23.2 Å². The van der Waals surface area contributed by atoms with Crippen molar-refractivity contribution in [2.75, 3.05) is 33.6 Å². The Balaban J connectivity index is 2.22. The molecule has 1 heterocycles. The molecule has 1 fully saturated rings. The predicted octanol–water partition coefficient (Wildman–Crippen LogP) is 1.46. The number of likely N-dealkylation sites (tertiary alicyclic amines) is 1. The number of hydrogen-bond donors (Lipinski definition) is 1. The Labute approximate surface area is 155 Å². The summed E-state index contributed by atoms with van der Waals surface area (Å²) in [6.45, 7) is 0.960. The van der Waals surface area contributed by atoms with Crippen LogP contribution in [0.3, 0.4) is 0 Å². The Bertz CT molecular complexity index is 723. The minimum absolute atomic E-state index is 0.139. The van der Waals surface area contributed by atoms with Crippen LogP contribution in [-0.2, 0) is 10.0 Å². The van der Waals surface area contributed by atoms with E-state index in [1.54, 1.807) is 24.1 Å². The average Bonchev–Trinajstić information content (AvgIpc) is 2.52. The van der Waals surface area contributed by atoms with Gasteiger partial charge in [0.05, 0.1) is 26.0 Å². The summed E-state index contributed by atoms with van der Waals surface area (Å²) >= 11 is 2.09. The van der Waals surface area contributed by atoms with Gasteiger partial charge in [-0.1, -0.05) is 0 Å². The third kappa shape index (κ3) is 4.73. The van der Waals surface area contributed by atoms with Gasteiger partial charge in [0.25, 0.3) is 5.91 Å². The molecule has 1 aliphatic rings. The molecule has 0 radical (unpaired) electrons. The minimum atomic E-state index is -3.29. The summed E-state index contributed by atoms with van der Waals surface area (Å²) in [6.07, 6.45) is 2.60. The van der Waals surface area contributed by atoms with E-state index in [1.807, 2.05) is 0 Å². The lowest BCUT2D eigenvalue weighted by Crippen LogP contribution is -2.49. The summed E-state index contributed by atoms with van der Waals surface area (Å²) in [5.74, 6) is 0.915. The van der Waals surface area contributed by atoms with Gasteiger partial charge in [0, 0.05) is 22.7 Å². The van der Waals surface area contributed by atoms with Crippen LogP contribution in [0.25, 0.3) is 0 Å². The van der Waals surface area contributed by atoms with Gasteiger partial charge >= 0.3 is 0 Å². The second-order valence-electron chi connectivity index (χ2n) is 5.67. The zero-order chi connectivity index (χ0) is 17.9. The van der Waals surface area contributed by atoms with Gasteiger partial charge in [0.1, 0.15) is 0 Å². The van der Waals surface area contributed by atoms with E-state index in [0.717, 1.165) is 22.7 Å². The fourth-order valence-electron chi connectivity index (χ4n) is 2.75. The van der Waals surface area contributed by atoms with E-state index < -0.39 is 10.0 Å². The zero-order valence-corrected chi connectivity index (χ0v) is 16.8. The molecule has 1 N–H and O–H groups in total. The number of piperidine rings is 1. The monoisotopic (exact) mass is 468 g/mol. The third-order valence-corrected chi connectivity index (χ3v) is 5.45. The fourth-order valence-corrected chi connectivity index (χ4v) is 4.22. The van der Waals surface area contributed by atoms with Gasteiger partial charge in [-0.05, 0) is 47.6 Å². The number of nitrogens with one attached hydrogen (secondary N) is 1. The molecule has 1 atom stereocenters. The molecule has 1 unspecified atom stereocenters. The first-order chi connectivity index (χ1) is 11.2. The molecule has 1 saturated heterocycles. The topological polar surface area (TPSA) is 84.9 Å². The lowest BCUT2D eigenvalue weighted by Gasteiger charge is -2.33. The first-order valence-electron chi connectivity index (χ1n) is 7.43. The van der Waals surface area contributed by atoms with E-state index >= 15 is 0 Å². The van der Waals surface area contributed by atoms with Crippen molar-refractivity contribution in [1.29, 1.82) is 0 Å². The highest BCUT2D eigenvalue weighted by atomic mass is 127. The summed E-state index contributed by atoms with van der Waals surface area (Å²) in [6, 6.07) is 3.16. The number of rotatable bonds is 5. The van der Waals surface area contributed by atoms with Gasteiger partial charge in [-0.15, -0.1) is 0 Å². The molecule has 0 aliphatic carbocycles. The van der Waals surface area contributed by atoms with Crippen LogP contribution in [0, 0.1) is 3.57 Å². The molecule has 1 aromatic carbocycles. The van der Waals surface area contributed by atoms with Crippen molar-refractivity contribution in [3.8, 4) is 11.5 Å². The van der Waals surface area contributed by atoms with E-state index in [-0.39, 0.29) is 11.9 Å². The molecule has 0 spiro atoms. The van der Waals surface area contributed by atoms with Crippen LogP contribution in [-0.4, -0.2) is 58.8 Å². The van der Waals surface area contributed by atoms with Gasteiger partial charge in [-0.25, -0.2) is 13.1 Å². The Kier molecular flexibility index (Phi) is 6.32. The number of benzene rings is 1. The quantitative estimate of drug-likeness (QED) is 0.662. The summed E-state index contributed by atoms with van der Waals surface area (Å²) in [5.41, 5.74) is 0.522. The lowest BCUT2D eigenvalue weighted by atomic mass is 10.1. The van der Waals surface area contributed by atoms with Crippen LogP contribution in [0.4, 0.5) is 0 Å². The molecule has 1 aromatic rings. The Morgan fingerprint density at radius 3 is 2.50 bits per heavy atom. The van der Waals surface area contributed by atoms with Gasteiger partial charge in [0.15, 0.2) is 11.5 Å². The van der Waals surface area contributed by atoms with Crippen LogP contribution in [0.15, 0.2) is 12.1 Å². The fraction of sp³-hybridized carbons (Fsp3) is 0.533. The molecule has 7 nitrogen and oxygen atoms in total. The van der Waals surface area contributed by atoms with Crippen molar-refractivity contribution < 1.29 is 22.7 Å². The maximum absolute atomic E-state index is 12.8. The molecule has 24 heavy (non-hydrogen) atoms. The molecule has 0 aromatic heterocycles. The van der Waals surface area contributed by atoms with Gasteiger partial charge in [-0.2, -0.15) is 0 Å². The van der Waals surface area contributed by atoms with E-state index in [4.69, 9.17) is 9.47 Å². The molecule has 9 heteroatoms. The molecular formula is C15H21IN2O5S. The number of nitrogens with zero attached hydrogens (tertiary/aromatic N) is 1. The van der Waals surface area contributed by atoms with E-state index in [2.05, 4.69) is 27.3 Å². The van der Waals surface area contributed by atoms with Crippen molar-refractivity contribution in [1.82, 2.24) is 9.62 Å². The van der Waals surface area contributed by atoms with Crippen LogP contribution in [0.2, 0.25) is 0 Å². The van der Waals surface area contributed by atoms with E-state index in [0.29, 0.717) is 30.2 Å². The number of sulfonamides is 1. The third-order valence-electron chi connectivity index (χ3n) is 3.79. The lowest BCUT2D eigenvalue weighted by molar-refractivity contribution is 0.0701. The molecule has 2 rings (SSSR count). The summed E-state index contributed by atoms with van der Waals surface area (Å²) in [4.78, 5) is 14.5. The Hall–Kier alpha value is -1.07. The molecule has 1 aliphatic heterocycles. The van der Waals surface area contributed by atoms with Crippen LogP contribution >= 0.6 is 22.6 Å². The maximum atomic E-state index is 12.8. The zero-order valence-electron chi connectivity index (χ0n) is 13.8. The average molecular weight is 468 g/mol. The normalized spacial score (nSPS) is 18.3. The number of carbonyl (C=O) groups is 1. The Morgan fingerprint density at radius 2 is 1.92 bits per heavy atom. The first-order valence-corrected chi connectivity index (χ1v) is 10.4. The second kappa shape index (κ2) is 7.87. The summed E-state index contributed by atoms with van der Waals surface area (Å²) in [5, 5.41) is 0. The number of methoxy groups -OCH3 is 2. The highest BCUT2D eigenvalue weighted by molar-refractivity contribution is 14.1. The van der Waals surface area contributed by atoms with Crippen molar-refractivity contribution >= 4 is 38.5 Å². The van der Waals surface area contributed by atoms with E-state index in [9.17, 15) is 13.2 Å². The van der Waals surface area contributed by atoms with Crippen molar-refractivity contribution in [3.63, 3.8) is 0 Å². The smallest absolute Gasteiger partial charge is 0.255 e. The largest absolute Gasteiger partial charge is 0.493 e. The number of carbonyl (C=O) groups excluding carboxylic acids is 1. The van der Waals surface area contributed by atoms with Crippen molar-refractivity contribution in [2.24, 2.45) is 0 Å². The molecule has 1 amide bonds. The summed E-state index contributed by atoms with van der Waals surface area (Å²) in [7, 11) is -0.228. The van der Waals surface area contributed by atoms with Crippen LogP contribution < -0.4 is 14.2 Å².